The molecule has 1 unspecified atom stereocenters. The highest BCUT2D eigenvalue weighted by Gasteiger charge is 2.25. The van der Waals surface area contributed by atoms with Gasteiger partial charge in [0, 0.05) is 18.6 Å². The van der Waals surface area contributed by atoms with Crippen LogP contribution in [0.1, 0.15) is 23.6 Å². The van der Waals surface area contributed by atoms with E-state index in [1.165, 1.54) is 0 Å². The Kier molecular flexibility index (Phi) is 7.88. The molecule has 0 aromatic heterocycles. The van der Waals surface area contributed by atoms with Gasteiger partial charge in [-0.25, -0.2) is 0 Å². The summed E-state index contributed by atoms with van der Waals surface area (Å²) >= 11 is 6.18. The third kappa shape index (κ3) is 5.73. The molecule has 0 heterocycles. The molecule has 0 saturated carbocycles. The van der Waals surface area contributed by atoms with Crippen LogP contribution < -0.4 is 10.1 Å². The van der Waals surface area contributed by atoms with Crippen LogP contribution in [0.2, 0.25) is 5.02 Å². The normalized spacial score (nSPS) is 11.6. The van der Waals surface area contributed by atoms with Crippen LogP contribution in [0.15, 0.2) is 42.5 Å². The quantitative estimate of drug-likeness (QED) is 0.734. The topological polar surface area (TPSA) is 58.6 Å². The summed E-state index contributed by atoms with van der Waals surface area (Å²) in [7, 11) is 1.56. The first-order chi connectivity index (χ1) is 13.3. The van der Waals surface area contributed by atoms with E-state index in [0.717, 1.165) is 16.7 Å². The first-order valence-electron chi connectivity index (χ1n) is 9.28. The molecule has 6 heteroatoms. The fourth-order valence-corrected chi connectivity index (χ4v) is 3.11. The number of halogens is 1. The highest BCUT2D eigenvalue weighted by Crippen LogP contribution is 2.25. The number of likely N-dealkylation sites (N-methyl/N-ethyl adjacent to an activating group) is 1. The number of nitrogens with one attached hydrogen (secondary N) is 1. The van der Waals surface area contributed by atoms with E-state index in [2.05, 4.69) is 5.32 Å². The zero-order valence-corrected chi connectivity index (χ0v) is 17.5. The van der Waals surface area contributed by atoms with Crippen molar-refractivity contribution in [2.24, 2.45) is 0 Å². The Morgan fingerprint density at radius 2 is 1.75 bits per heavy atom. The van der Waals surface area contributed by atoms with Crippen LogP contribution in [0.4, 0.5) is 0 Å². The van der Waals surface area contributed by atoms with E-state index in [0.29, 0.717) is 23.7 Å². The van der Waals surface area contributed by atoms with Crippen molar-refractivity contribution in [1.82, 2.24) is 10.2 Å². The lowest BCUT2D eigenvalue weighted by Crippen LogP contribution is -2.49. The van der Waals surface area contributed by atoms with E-state index >= 15 is 0 Å². The maximum atomic E-state index is 12.8. The zero-order valence-electron chi connectivity index (χ0n) is 16.8. The maximum absolute atomic E-state index is 12.8. The summed E-state index contributed by atoms with van der Waals surface area (Å²) in [5.74, 6) is 0.139. The maximum Gasteiger partial charge on any atom is 0.261 e. The van der Waals surface area contributed by atoms with Crippen LogP contribution in [0.3, 0.4) is 0 Å². The number of hydrogen-bond donors (Lipinski definition) is 1. The van der Waals surface area contributed by atoms with E-state index in [4.69, 9.17) is 16.3 Å². The molecule has 0 spiro atoms. The van der Waals surface area contributed by atoms with E-state index in [1.807, 2.05) is 44.2 Å². The molecule has 0 aliphatic carbocycles. The Morgan fingerprint density at radius 3 is 2.32 bits per heavy atom. The first-order valence-corrected chi connectivity index (χ1v) is 9.65. The predicted molar refractivity (Wildman–Crippen MR) is 112 cm³/mol. The van der Waals surface area contributed by atoms with Crippen LogP contribution in [0.5, 0.6) is 5.75 Å². The molecule has 0 radical (unpaired) electrons. The molecule has 1 N–H and O–H groups in total. The fraction of sp³-hybridized carbons (Fsp3) is 0.364. The van der Waals surface area contributed by atoms with E-state index in [1.54, 1.807) is 31.0 Å². The van der Waals surface area contributed by atoms with Gasteiger partial charge >= 0.3 is 0 Å². The predicted octanol–water partition coefficient (Wildman–Crippen LogP) is 3.54. The average molecular weight is 403 g/mol. The molecule has 2 aromatic carbocycles. The second kappa shape index (κ2) is 10.1. The molecule has 1 atom stereocenters. The monoisotopic (exact) mass is 402 g/mol. The van der Waals surface area contributed by atoms with Gasteiger partial charge in [-0.2, -0.15) is 0 Å². The highest BCUT2D eigenvalue weighted by molar-refractivity contribution is 6.32. The Bertz CT molecular complexity index is 801. The minimum atomic E-state index is -0.585. The Balaban J connectivity index is 2.08. The van der Waals surface area contributed by atoms with Gasteiger partial charge in [-0.3, -0.25) is 9.59 Å². The van der Waals surface area contributed by atoms with Gasteiger partial charge in [-0.1, -0.05) is 41.9 Å². The van der Waals surface area contributed by atoms with Crippen LogP contribution in [-0.4, -0.2) is 43.0 Å². The molecule has 0 bridgehead atoms. The Morgan fingerprint density at radius 1 is 1.14 bits per heavy atom. The fourth-order valence-electron chi connectivity index (χ4n) is 3.00. The third-order valence-corrected chi connectivity index (χ3v) is 5.27. The first kappa shape index (κ1) is 21.8. The van der Waals surface area contributed by atoms with Gasteiger partial charge in [-0.15, -0.1) is 0 Å². The van der Waals surface area contributed by atoms with Gasteiger partial charge in [-0.05, 0) is 56.0 Å². The van der Waals surface area contributed by atoms with Crippen molar-refractivity contribution in [3.05, 3.63) is 64.2 Å². The third-order valence-electron chi connectivity index (χ3n) is 4.67. The molecule has 0 fully saturated rings. The SMILES string of the molecule is CNC(=O)C(C)N(CCc1ccccc1)C(=O)COc1cc(C)c(Cl)c(C)c1. The van der Waals surface area contributed by atoms with Crippen molar-refractivity contribution < 1.29 is 14.3 Å². The molecule has 0 aliphatic heterocycles. The van der Waals surface area contributed by atoms with Gasteiger partial charge in [0.25, 0.3) is 5.91 Å². The van der Waals surface area contributed by atoms with E-state index < -0.39 is 6.04 Å². The standard InChI is InChI=1S/C22H27ClN2O3/c1-15-12-19(13-16(2)21(15)23)28-14-20(26)25(17(3)22(27)24-4)11-10-18-8-6-5-7-9-18/h5-9,12-13,17H,10-11,14H2,1-4H3,(H,24,27). The van der Waals surface area contributed by atoms with Crippen LogP contribution >= 0.6 is 11.6 Å². The molecule has 2 amide bonds. The van der Waals surface area contributed by atoms with Crippen molar-refractivity contribution in [3.8, 4) is 5.75 Å². The van der Waals surface area contributed by atoms with Crippen molar-refractivity contribution in [1.29, 1.82) is 0 Å². The van der Waals surface area contributed by atoms with Crippen LogP contribution in [0.25, 0.3) is 0 Å². The number of benzene rings is 2. The number of hydrogen-bond acceptors (Lipinski definition) is 3. The molecular formula is C22H27ClN2O3. The summed E-state index contributed by atoms with van der Waals surface area (Å²) in [6.45, 7) is 5.79. The van der Waals surface area contributed by atoms with Crippen molar-refractivity contribution in [2.45, 2.75) is 33.2 Å². The number of carbonyl (C=O) groups is 2. The van der Waals surface area contributed by atoms with E-state index in [-0.39, 0.29) is 18.4 Å². The summed E-state index contributed by atoms with van der Waals surface area (Å²) in [5.41, 5.74) is 2.89. The molecular weight excluding hydrogens is 376 g/mol. The number of ether oxygens (including phenoxy) is 1. The molecule has 0 saturated heterocycles. The number of rotatable bonds is 8. The molecule has 0 aliphatic rings. The van der Waals surface area contributed by atoms with Crippen molar-refractivity contribution in [3.63, 3.8) is 0 Å². The van der Waals surface area contributed by atoms with Gasteiger partial charge in [0.2, 0.25) is 5.91 Å². The Labute approximate surface area is 171 Å². The lowest BCUT2D eigenvalue weighted by molar-refractivity contribution is -0.141. The lowest BCUT2D eigenvalue weighted by Gasteiger charge is -2.28. The second-order valence-corrected chi connectivity index (χ2v) is 7.15. The minimum absolute atomic E-state index is 0.142. The van der Waals surface area contributed by atoms with Gasteiger partial charge in [0.1, 0.15) is 11.8 Å². The molecule has 150 valence electrons. The second-order valence-electron chi connectivity index (χ2n) is 6.77. The lowest BCUT2D eigenvalue weighted by atomic mass is 10.1. The Hall–Kier alpha value is -2.53. The summed E-state index contributed by atoms with van der Waals surface area (Å²) in [6.07, 6.45) is 0.660. The summed E-state index contributed by atoms with van der Waals surface area (Å²) in [6, 6.07) is 12.9. The molecule has 28 heavy (non-hydrogen) atoms. The smallest absolute Gasteiger partial charge is 0.261 e. The van der Waals surface area contributed by atoms with Gasteiger partial charge in [0.15, 0.2) is 6.61 Å². The number of nitrogens with zero attached hydrogens (tertiary/aromatic N) is 1. The number of amides is 2. The average Bonchev–Trinajstić information content (AvgIpc) is 2.70. The van der Waals surface area contributed by atoms with Crippen molar-refractivity contribution >= 4 is 23.4 Å². The van der Waals surface area contributed by atoms with E-state index in [9.17, 15) is 9.59 Å². The van der Waals surface area contributed by atoms with Crippen LogP contribution in [-0.2, 0) is 16.0 Å². The number of aryl methyl sites for hydroxylation is 2. The van der Waals surface area contributed by atoms with Gasteiger partial charge < -0.3 is 15.0 Å². The van der Waals surface area contributed by atoms with Crippen LogP contribution in [0, 0.1) is 13.8 Å². The molecule has 5 nitrogen and oxygen atoms in total. The molecule has 2 aromatic rings. The number of carbonyl (C=O) groups excluding carboxylic acids is 2. The summed E-state index contributed by atoms with van der Waals surface area (Å²) < 4.78 is 5.70. The zero-order chi connectivity index (χ0) is 20.7. The molecule has 2 rings (SSSR count). The largest absolute Gasteiger partial charge is 0.484 e. The van der Waals surface area contributed by atoms with Crippen molar-refractivity contribution in [2.75, 3.05) is 20.2 Å². The minimum Gasteiger partial charge on any atom is -0.484 e. The summed E-state index contributed by atoms with van der Waals surface area (Å²) in [4.78, 5) is 26.5. The summed E-state index contributed by atoms with van der Waals surface area (Å²) in [5, 5.41) is 3.30. The highest BCUT2D eigenvalue weighted by atomic mass is 35.5. The van der Waals surface area contributed by atoms with Gasteiger partial charge in [0.05, 0.1) is 0 Å².